The molecule has 1 rings (SSSR count). The summed E-state index contributed by atoms with van der Waals surface area (Å²) in [6.45, 7) is 4.18. The van der Waals surface area contributed by atoms with Crippen molar-refractivity contribution in [2.75, 3.05) is 25.6 Å². The molecule has 0 aliphatic heterocycles. The number of esters is 1. The zero-order valence-corrected chi connectivity index (χ0v) is 10.7. The minimum atomic E-state index is -0.588. The van der Waals surface area contributed by atoms with Crippen LogP contribution in [0.1, 0.15) is 13.8 Å². The van der Waals surface area contributed by atoms with Gasteiger partial charge < -0.3 is 14.7 Å². The third kappa shape index (κ3) is 3.37. The Kier molecular flexibility index (Phi) is 3.99. The van der Waals surface area contributed by atoms with Gasteiger partial charge in [-0.25, -0.2) is 0 Å². The first-order valence-corrected chi connectivity index (χ1v) is 5.45. The average Bonchev–Trinajstić information content (AvgIpc) is 2.27. The zero-order valence-electron chi connectivity index (χ0n) is 10.7. The molecule has 17 heavy (non-hydrogen) atoms. The fourth-order valence-corrected chi connectivity index (χ4v) is 1.76. The van der Waals surface area contributed by atoms with Crippen LogP contribution in [0.2, 0.25) is 0 Å². The van der Waals surface area contributed by atoms with E-state index < -0.39 is 5.41 Å². The van der Waals surface area contributed by atoms with E-state index in [2.05, 4.69) is 0 Å². The quantitative estimate of drug-likeness (QED) is 0.814. The maximum absolute atomic E-state index is 11.6. The molecule has 1 N–H and O–H groups in total. The van der Waals surface area contributed by atoms with E-state index in [0.29, 0.717) is 6.54 Å². The molecule has 1 aromatic rings. The average molecular weight is 237 g/mol. The highest BCUT2D eigenvalue weighted by Crippen LogP contribution is 2.24. The molecule has 0 saturated heterocycles. The van der Waals surface area contributed by atoms with E-state index in [1.807, 2.05) is 31.9 Å². The summed E-state index contributed by atoms with van der Waals surface area (Å²) in [6.07, 6.45) is 0. The number of carbonyl (C=O) groups excluding carboxylic acids is 1. The molecule has 1 aromatic carbocycles. The molecule has 0 bridgehead atoms. The van der Waals surface area contributed by atoms with Gasteiger partial charge in [0.05, 0.1) is 12.5 Å². The molecule has 0 amide bonds. The van der Waals surface area contributed by atoms with Gasteiger partial charge in [-0.2, -0.15) is 0 Å². The van der Waals surface area contributed by atoms with Crippen LogP contribution in [-0.2, 0) is 9.53 Å². The largest absolute Gasteiger partial charge is 0.508 e. The van der Waals surface area contributed by atoms with Crippen molar-refractivity contribution in [3.05, 3.63) is 24.3 Å². The maximum atomic E-state index is 11.6. The monoisotopic (exact) mass is 237 g/mol. The molecular weight excluding hydrogens is 218 g/mol. The Morgan fingerprint density at radius 2 is 2.12 bits per heavy atom. The molecular formula is C13H19NO3. The Hall–Kier alpha value is -1.71. The Morgan fingerprint density at radius 3 is 2.65 bits per heavy atom. The van der Waals surface area contributed by atoms with E-state index in [4.69, 9.17) is 4.74 Å². The number of hydrogen-bond acceptors (Lipinski definition) is 4. The van der Waals surface area contributed by atoms with Gasteiger partial charge in [0.1, 0.15) is 5.75 Å². The van der Waals surface area contributed by atoms with E-state index in [0.717, 1.165) is 5.69 Å². The number of phenolic OH excluding ortho intramolecular Hbond substituents is 1. The third-order valence-corrected chi connectivity index (χ3v) is 2.64. The lowest BCUT2D eigenvalue weighted by Crippen LogP contribution is -2.38. The smallest absolute Gasteiger partial charge is 0.313 e. The van der Waals surface area contributed by atoms with Crippen molar-refractivity contribution >= 4 is 11.7 Å². The number of hydrogen-bond donors (Lipinski definition) is 1. The first-order chi connectivity index (χ1) is 7.86. The summed E-state index contributed by atoms with van der Waals surface area (Å²) in [7, 11) is 3.26. The van der Waals surface area contributed by atoms with Gasteiger partial charge in [0.15, 0.2) is 0 Å². The number of ether oxygens (including phenoxy) is 1. The summed E-state index contributed by atoms with van der Waals surface area (Å²) in [5.41, 5.74) is 0.275. The van der Waals surface area contributed by atoms with Gasteiger partial charge in [-0.05, 0) is 26.0 Å². The SMILES string of the molecule is COC(=O)C(C)(C)CN(C)c1cccc(O)c1. The van der Waals surface area contributed by atoms with Crippen molar-refractivity contribution in [1.82, 2.24) is 0 Å². The topological polar surface area (TPSA) is 49.8 Å². The van der Waals surface area contributed by atoms with Crippen LogP contribution in [0.15, 0.2) is 24.3 Å². The van der Waals surface area contributed by atoms with Crippen LogP contribution in [0.25, 0.3) is 0 Å². The van der Waals surface area contributed by atoms with Crippen molar-refractivity contribution in [1.29, 1.82) is 0 Å². The summed E-state index contributed by atoms with van der Waals surface area (Å²) in [5, 5.41) is 9.40. The van der Waals surface area contributed by atoms with Crippen molar-refractivity contribution in [3.8, 4) is 5.75 Å². The molecule has 0 unspecified atom stereocenters. The first-order valence-electron chi connectivity index (χ1n) is 5.45. The number of phenols is 1. The summed E-state index contributed by atoms with van der Waals surface area (Å²) in [4.78, 5) is 13.5. The highest BCUT2D eigenvalue weighted by Gasteiger charge is 2.30. The second kappa shape index (κ2) is 5.08. The minimum absolute atomic E-state index is 0.213. The van der Waals surface area contributed by atoms with E-state index in [1.54, 1.807) is 18.2 Å². The summed E-state index contributed by atoms with van der Waals surface area (Å²) >= 11 is 0. The molecule has 0 aromatic heterocycles. The molecule has 0 spiro atoms. The van der Waals surface area contributed by atoms with E-state index in [1.165, 1.54) is 7.11 Å². The highest BCUT2D eigenvalue weighted by molar-refractivity contribution is 5.76. The molecule has 94 valence electrons. The summed E-state index contributed by atoms with van der Waals surface area (Å²) in [6, 6.07) is 6.93. The zero-order chi connectivity index (χ0) is 13.1. The van der Waals surface area contributed by atoms with E-state index in [9.17, 15) is 9.90 Å². The van der Waals surface area contributed by atoms with Crippen LogP contribution in [0.3, 0.4) is 0 Å². The Balaban J connectivity index is 2.79. The van der Waals surface area contributed by atoms with Crippen molar-refractivity contribution in [2.24, 2.45) is 5.41 Å². The molecule has 0 atom stereocenters. The molecule has 0 heterocycles. The lowest BCUT2D eigenvalue weighted by Gasteiger charge is -2.29. The Labute approximate surface area is 102 Å². The molecule has 0 aliphatic rings. The molecule has 0 aliphatic carbocycles. The fourth-order valence-electron chi connectivity index (χ4n) is 1.76. The molecule has 0 saturated carbocycles. The molecule has 4 heteroatoms. The predicted octanol–water partition coefficient (Wildman–Crippen LogP) is 2.03. The first kappa shape index (κ1) is 13.4. The lowest BCUT2D eigenvalue weighted by atomic mass is 9.93. The van der Waals surface area contributed by atoms with E-state index in [-0.39, 0.29) is 11.7 Å². The normalized spacial score (nSPS) is 11.1. The van der Waals surface area contributed by atoms with Crippen LogP contribution in [0.5, 0.6) is 5.75 Å². The van der Waals surface area contributed by atoms with Crippen LogP contribution in [-0.4, -0.2) is 31.8 Å². The number of anilines is 1. The second-order valence-electron chi connectivity index (χ2n) is 4.75. The highest BCUT2D eigenvalue weighted by atomic mass is 16.5. The number of benzene rings is 1. The third-order valence-electron chi connectivity index (χ3n) is 2.64. The number of rotatable bonds is 4. The minimum Gasteiger partial charge on any atom is -0.508 e. The molecule has 0 radical (unpaired) electrons. The van der Waals surface area contributed by atoms with Gasteiger partial charge in [-0.1, -0.05) is 6.07 Å². The summed E-state index contributed by atoms with van der Waals surface area (Å²) in [5.74, 6) is -0.0327. The van der Waals surface area contributed by atoms with Crippen molar-refractivity contribution in [2.45, 2.75) is 13.8 Å². The fraction of sp³-hybridized carbons (Fsp3) is 0.462. The van der Waals surface area contributed by atoms with Crippen LogP contribution >= 0.6 is 0 Å². The number of carbonyl (C=O) groups is 1. The predicted molar refractivity (Wildman–Crippen MR) is 67.2 cm³/mol. The Morgan fingerprint density at radius 1 is 1.47 bits per heavy atom. The summed E-state index contributed by atoms with van der Waals surface area (Å²) < 4.78 is 4.76. The van der Waals surface area contributed by atoms with Crippen molar-refractivity contribution < 1.29 is 14.6 Å². The van der Waals surface area contributed by atoms with Crippen LogP contribution < -0.4 is 4.90 Å². The Bertz CT molecular complexity index is 401. The second-order valence-corrected chi connectivity index (χ2v) is 4.75. The van der Waals surface area contributed by atoms with Gasteiger partial charge in [-0.15, -0.1) is 0 Å². The number of nitrogens with zero attached hydrogens (tertiary/aromatic N) is 1. The van der Waals surface area contributed by atoms with Crippen LogP contribution in [0, 0.1) is 5.41 Å². The molecule has 0 fully saturated rings. The van der Waals surface area contributed by atoms with Gasteiger partial charge in [-0.3, -0.25) is 4.79 Å². The maximum Gasteiger partial charge on any atom is 0.313 e. The van der Waals surface area contributed by atoms with Gasteiger partial charge >= 0.3 is 5.97 Å². The van der Waals surface area contributed by atoms with Gasteiger partial charge in [0.25, 0.3) is 0 Å². The van der Waals surface area contributed by atoms with Crippen molar-refractivity contribution in [3.63, 3.8) is 0 Å². The molecule has 4 nitrogen and oxygen atoms in total. The van der Waals surface area contributed by atoms with Gasteiger partial charge in [0.2, 0.25) is 0 Å². The van der Waals surface area contributed by atoms with E-state index >= 15 is 0 Å². The standard InChI is InChI=1S/C13H19NO3/c1-13(2,12(16)17-4)9-14(3)10-6-5-7-11(15)8-10/h5-8,15H,9H2,1-4H3. The lowest BCUT2D eigenvalue weighted by molar-refractivity contribution is -0.150. The van der Waals surface area contributed by atoms with Crippen LogP contribution in [0.4, 0.5) is 5.69 Å². The van der Waals surface area contributed by atoms with Gasteiger partial charge in [0, 0.05) is 25.3 Å². The number of methoxy groups -OCH3 is 1. The number of aromatic hydroxyl groups is 1.